The summed E-state index contributed by atoms with van der Waals surface area (Å²) in [5.41, 5.74) is -1.33. The van der Waals surface area contributed by atoms with E-state index >= 15 is 0 Å². The highest BCUT2D eigenvalue weighted by Gasteiger charge is 2.21. The smallest absolute Gasteiger partial charge is 0.387 e. The number of carboxylic acid groups (broad SMARTS) is 1. The molecular weight excluding hydrogens is 271 g/mol. The lowest BCUT2D eigenvalue weighted by molar-refractivity contribution is -0.386. The van der Waals surface area contributed by atoms with Gasteiger partial charge in [-0.1, -0.05) is 0 Å². The van der Waals surface area contributed by atoms with Crippen molar-refractivity contribution in [1.82, 2.24) is 0 Å². The summed E-state index contributed by atoms with van der Waals surface area (Å²) in [4.78, 5) is 19.8. The molecule has 0 unspecified atom stereocenters. The maximum Gasteiger partial charge on any atom is 0.387 e. The van der Waals surface area contributed by atoms with Gasteiger partial charge in [-0.15, -0.1) is 0 Å². The number of hydrogen-bond acceptors (Lipinski definition) is 4. The number of nitro benzene ring substituents is 1. The molecule has 9 heteroatoms. The lowest BCUT2D eigenvalue weighted by Crippen LogP contribution is -2.05. The van der Waals surface area contributed by atoms with Gasteiger partial charge in [0.05, 0.1) is 4.92 Å². The Bertz CT molecular complexity index is 544. The van der Waals surface area contributed by atoms with E-state index in [1.54, 1.807) is 0 Å². The van der Waals surface area contributed by atoms with Crippen molar-refractivity contribution >= 4 is 17.7 Å². The highest BCUT2D eigenvalue weighted by Crippen LogP contribution is 2.31. The molecule has 0 bridgehead atoms. The average molecular weight is 277 g/mol. The SMILES string of the molecule is O=C(O)/C=C/c1cc([N+](=O)[O-])c(OC(F)F)cc1F. The molecule has 0 fully saturated rings. The zero-order valence-corrected chi connectivity index (χ0v) is 9.05. The summed E-state index contributed by atoms with van der Waals surface area (Å²) in [7, 11) is 0. The zero-order chi connectivity index (χ0) is 14.6. The largest absolute Gasteiger partial charge is 0.478 e. The van der Waals surface area contributed by atoms with Gasteiger partial charge in [0, 0.05) is 23.8 Å². The minimum atomic E-state index is -3.35. The van der Waals surface area contributed by atoms with Crippen molar-refractivity contribution < 1.29 is 32.7 Å². The summed E-state index contributed by atoms with van der Waals surface area (Å²) < 4.78 is 41.2. The molecule has 0 aromatic heterocycles. The number of alkyl halides is 2. The van der Waals surface area contributed by atoms with Gasteiger partial charge in [-0.05, 0) is 6.08 Å². The molecular formula is C10H6F3NO5. The predicted octanol–water partition coefficient (Wildman–Crippen LogP) is 2.43. The highest BCUT2D eigenvalue weighted by atomic mass is 19.3. The predicted molar refractivity (Wildman–Crippen MR) is 56.4 cm³/mol. The summed E-state index contributed by atoms with van der Waals surface area (Å²) >= 11 is 0. The molecule has 1 N–H and O–H groups in total. The van der Waals surface area contributed by atoms with Gasteiger partial charge >= 0.3 is 18.3 Å². The van der Waals surface area contributed by atoms with Crippen molar-refractivity contribution in [2.75, 3.05) is 0 Å². The lowest BCUT2D eigenvalue weighted by atomic mass is 10.1. The number of carbonyl (C=O) groups is 1. The van der Waals surface area contributed by atoms with Gasteiger partial charge < -0.3 is 9.84 Å². The summed E-state index contributed by atoms with van der Waals surface area (Å²) in [6, 6.07) is 0.998. The Balaban J connectivity index is 3.28. The van der Waals surface area contributed by atoms with Crippen LogP contribution in [-0.4, -0.2) is 22.6 Å². The molecule has 19 heavy (non-hydrogen) atoms. The Hall–Kier alpha value is -2.58. The van der Waals surface area contributed by atoms with E-state index in [0.717, 1.165) is 6.08 Å². The number of ether oxygens (including phenoxy) is 1. The molecule has 0 heterocycles. The average Bonchev–Trinajstić information content (AvgIpc) is 2.26. The van der Waals surface area contributed by atoms with Crippen molar-refractivity contribution in [3.63, 3.8) is 0 Å². The second-order valence-corrected chi connectivity index (χ2v) is 3.15. The molecule has 0 amide bonds. The number of aliphatic carboxylic acids is 1. The van der Waals surface area contributed by atoms with E-state index in [1.807, 2.05) is 0 Å². The fourth-order valence-electron chi connectivity index (χ4n) is 1.18. The highest BCUT2D eigenvalue weighted by molar-refractivity contribution is 5.85. The summed E-state index contributed by atoms with van der Waals surface area (Å²) in [5.74, 6) is -3.46. The number of benzene rings is 1. The van der Waals surface area contributed by atoms with Crippen molar-refractivity contribution in [3.8, 4) is 5.75 Å². The quantitative estimate of drug-likeness (QED) is 0.507. The number of nitrogens with zero attached hydrogens (tertiary/aromatic N) is 1. The Morgan fingerprint density at radius 2 is 2.11 bits per heavy atom. The van der Waals surface area contributed by atoms with Gasteiger partial charge in [0.25, 0.3) is 0 Å². The zero-order valence-electron chi connectivity index (χ0n) is 9.05. The van der Waals surface area contributed by atoms with E-state index in [0.29, 0.717) is 18.2 Å². The van der Waals surface area contributed by atoms with Crippen LogP contribution in [0, 0.1) is 15.9 Å². The maximum absolute atomic E-state index is 13.4. The Kier molecular flexibility index (Phi) is 4.46. The molecule has 102 valence electrons. The molecule has 0 aliphatic heterocycles. The van der Waals surface area contributed by atoms with E-state index in [4.69, 9.17) is 5.11 Å². The van der Waals surface area contributed by atoms with Crippen LogP contribution in [0.4, 0.5) is 18.9 Å². The first-order chi connectivity index (χ1) is 8.81. The second-order valence-electron chi connectivity index (χ2n) is 3.15. The van der Waals surface area contributed by atoms with Crippen molar-refractivity contribution in [2.45, 2.75) is 6.61 Å². The monoisotopic (exact) mass is 277 g/mol. The Labute approximate surface area is 103 Å². The summed E-state index contributed by atoms with van der Waals surface area (Å²) in [6.07, 6.45) is 1.31. The molecule has 0 saturated carbocycles. The normalized spacial score (nSPS) is 10.9. The molecule has 0 spiro atoms. The first-order valence-electron chi connectivity index (χ1n) is 4.65. The Morgan fingerprint density at radius 1 is 1.47 bits per heavy atom. The van der Waals surface area contributed by atoms with Crippen LogP contribution in [0.5, 0.6) is 5.75 Å². The number of hydrogen-bond donors (Lipinski definition) is 1. The van der Waals surface area contributed by atoms with Crippen LogP contribution in [0.3, 0.4) is 0 Å². The van der Waals surface area contributed by atoms with Crippen LogP contribution >= 0.6 is 0 Å². The van der Waals surface area contributed by atoms with Crippen LogP contribution in [0.25, 0.3) is 6.08 Å². The first kappa shape index (κ1) is 14.5. The second kappa shape index (κ2) is 5.85. The lowest BCUT2D eigenvalue weighted by Gasteiger charge is -2.06. The molecule has 0 atom stereocenters. The molecule has 1 aromatic rings. The molecule has 0 aliphatic carbocycles. The number of carboxylic acids is 1. The molecule has 1 aromatic carbocycles. The van der Waals surface area contributed by atoms with Crippen LogP contribution in [0.1, 0.15) is 5.56 Å². The minimum Gasteiger partial charge on any atom is -0.478 e. The standard InChI is InChI=1S/C10H6F3NO5/c11-6-4-8(19-10(12)13)7(14(17)18)3-5(6)1-2-9(15)16/h1-4,10H,(H,15,16)/b2-1+. The summed E-state index contributed by atoms with van der Waals surface area (Å²) in [5, 5.41) is 19.0. The van der Waals surface area contributed by atoms with Crippen molar-refractivity contribution in [2.24, 2.45) is 0 Å². The fraction of sp³-hybridized carbons (Fsp3) is 0.100. The molecule has 1 rings (SSSR count). The van der Waals surface area contributed by atoms with Crippen molar-refractivity contribution in [1.29, 1.82) is 0 Å². The third-order valence-corrected chi connectivity index (χ3v) is 1.90. The molecule has 0 radical (unpaired) electrons. The van der Waals surface area contributed by atoms with Gasteiger partial charge in [0.1, 0.15) is 5.82 Å². The number of halogens is 3. The Morgan fingerprint density at radius 3 is 2.58 bits per heavy atom. The van der Waals surface area contributed by atoms with E-state index in [9.17, 15) is 28.1 Å². The van der Waals surface area contributed by atoms with Crippen LogP contribution in [0.2, 0.25) is 0 Å². The van der Waals surface area contributed by atoms with Gasteiger partial charge in [0.15, 0.2) is 0 Å². The van der Waals surface area contributed by atoms with Gasteiger partial charge in [0.2, 0.25) is 5.75 Å². The molecule has 0 saturated heterocycles. The minimum absolute atomic E-state index is 0.395. The van der Waals surface area contributed by atoms with Gasteiger partial charge in [-0.25, -0.2) is 9.18 Å². The third kappa shape index (κ3) is 3.98. The first-order valence-corrected chi connectivity index (χ1v) is 4.65. The number of nitro groups is 1. The summed E-state index contributed by atoms with van der Waals surface area (Å²) in [6.45, 7) is -3.35. The van der Waals surface area contributed by atoms with Gasteiger partial charge in [-0.2, -0.15) is 8.78 Å². The van der Waals surface area contributed by atoms with Gasteiger partial charge in [-0.3, -0.25) is 10.1 Å². The van der Waals surface area contributed by atoms with E-state index in [1.165, 1.54) is 0 Å². The third-order valence-electron chi connectivity index (χ3n) is 1.90. The van der Waals surface area contributed by atoms with Crippen molar-refractivity contribution in [3.05, 3.63) is 39.7 Å². The fourth-order valence-corrected chi connectivity index (χ4v) is 1.18. The van der Waals surface area contributed by atoms with Crippen LogP contribution < -0.4 is 4.74 Å². The molecule has 6 nitrogen and oxygen atoms in total. The topological polar surface area (TPSA) is 89.7 Å². The van der Waals surface area contributed by atoms with Crippen LogP contribution in [0.15, 0.2) is 18.2 Å². The van der Waals surface area contributed by atoms with E-state index in [-0.39, 0.29) is 0 Å². The van der Waals surface area contributed by atoms with E-state index < -0.39 is 40.3 Å². The van der Waals surface area contributed by atoms with E-state index in [2.05, 4.69) is 4.74 Å². The molecule has 0 aliphatic rings. The number of rotatable bonds is 5. The van der Waals surface area contributed by atoms with Crippen LogP contribution in [-0.2, 0) is 4.79 Å². The maximum atomic E-state index is 13.4.